The van der Waals surface area contributed by atoms with Crippen LogP contribution in [0, 0.1) is 0 Å². The van der Waals surface area contributed by atoms with Gasteiger partial charge >= 0.3 is 11.9 Å². The average molecular weight is 287 g/mol. The summed E-state index contributed by atoms with van der Waals surface area (Å²) in [4.78, 5) is 37.3. The highest BCUT2D eigenvalue weighted by Crippen LogP contribution is 2.11. The standard InChI is InChI=1S/C10H13N3O5S/c1-18-7(14)3-2-5(9(16)17)12-8(15)6-4-19-10(11)13-6/h4-5H,2-3H2,1H3,(H2,11,13)(H,12,15)(H,16,17)/t5-/m1/s1. The Hall–Kier alpha value is -2.16. The fourth-order valence-corrected chi connectivity index (χ4v) is 1.79. The molecule has 0 saturated carbocycles. The third-order valence-electron chi connectivity index (χ3n) is 2.22. The number of carbonyl (C=O) groups is 3. The van der Waals surface area contributed by atoms with Gasteiger partial charge in [0.2, 0.25) is 0 Å². The Labute approximate surface area is 112 Å². The van der Waals surface area contributed by atoms with Gasteiger partial charge in [0.1, 0.15) is 11.7 Å². The lowest BCUT2D eigenvalue weighted by atomic mass is 10.1. The van der Waals surface area contributed by atoms with Crippen LogP contribution in [-0.4, -0.2) is 41.1 Å². The maximum absolute atomic E-state index is 11.7. The Kier molecular flexibility index (Phi) is 5.24. The number of aromatic nitrogens is 1. The van der Waals surface area contributed by atoms with Crippen molar-refractivity contribution in [2.24, 2.45) is 0 Å². The summed E-state index contributed by atoms with van der Waals surface area (Å²) in [6.07, 6.45) is -0.166. The minimum absolute atomic E-state index is 0.0480. The number of carboxylic acids is 1. The quantitative estimate of drug-likeness (QED) is 0.620. The minimum Gasteiger partial charge on any atom is -0.480 e. The molecule has 0 aliphatic heterocycles. The number of aliphatic carboxylic acids is 1. The summed E-state index contributed by atoms with van der Waals surface area (Å²) in [5, 5.41) is 12.9. The second kappa shape index (κ2) is 6.69. The van der Waals surface area contributed by atoms with Crippen LogP contribution in [0.25, 0.3) is 0 Å². The fraction of sp³-hybridized carbons (Fsp3) is 0.400. The highest BCUT2D eigenvalue weighted by molar-refractivity contribution is 7.13. The van der Waals surface area contributed by atoms with Gasteiger partial charge in [0, 0.05) is 11.8 Å². The molecule has 9 heteroatoms. The molecule has 19 heavy (non-hydrogen) atoms. The van der Waals surface area contributed by atoms with E-state index in [1.54, 1.807) is 0 Å². The molecule has 0 bridgehead atoms. The van der Waals surface area contributed by atoms with E-state index in [-0.39, 0.29) is 23.7 Å². The van der Waals surface area contributed by atoms with E-state index in [2.05, 4.69) is 15.0 Å². The van der Waals surface area contributed by atoms with E-state index in [1.807, 2.05) is 0 Å². The topological polar surface area (TPSA) is 132 Å². The lowest BCUT2D eigenvalue weighted by molar-refractivity contribution is -0.142. The normalized spacial score (nSPS) is 11.6. The van der Waals surface area contributed by atoms with E-state index in [4.69, 9.17) is 10.8 Å². The molecule has 1 heterocycles. The van der Waals surface area contributed by atoms with E-state index >= 15 is 0 Å². The number of rotatable bonds is 6. The van der Waals surface area contributed by atoms with Crippen LogP contribution in [0.3, 0.4) is 0 Å². The number of methoxy groups -OCH3 is 1. The molecule has 0 aliphatic rings. The number of carboxylic acid groups (broad SMARTS) is 1. The van der Waals surface area contributed by atoms with Gasteiger partial charge in [0.15, 0.2) is 5.13 Å². The van der Waals surface area contributed by atoms with Crippen molar-refractivity contribution < 1.29 is 24.2 Å². The Morgan fingerprint density at radius 2 is 2.26 bits per heavy atom. The van der Waals surface area contributed by atoms with E-state index in [0.29, 0.717) is 0 Å². The monoisotopic (exact) mass is 287 g/mol. The van der Waals surface area contributed by atoms with Gasteiger partial charge in [-0.05, 0) is 6.42 Å². The Balaban J connectivity index is 2.61. The SMILES string of the molecule is COC(=O)CC[C@@H](NC(=O)c1csc(N)n1)C(=O)O. The molecule has 1 atom stereocenters. The smallest absolute Gasteiger partial charge is 0.326 e. The zero-order chi connectivity index (χ0) is 14.4. The van der Waals surface area contributed by atoms with Crippen LogP contribution >= 0.6 is 11.3 Å². The fourth-order valence-electron chi connectivity index (χ4n) is 1.25. The summed E-state index contributed by atoms with van der Waals surface area (Å²) >= 11 is 1.07. The molecule has 1 rings (SSSR count). The van der Waals surface area contributed by atoms with Crippen molar-refractivity contribution in [3.63, 3.8) is 0 Å². The zero-order valence-corrected chi connectivity index (χ0v) is 10.9. The summed E-state index contributed by atoms with van der Waals surface area (Å²) < 4.78 is 4.40. The van der Waals surface area contributed by atoms with Crippen LogP contribution in [0.4, 0.5) is 5.13 Å². The molecule has 8 nitrogen and oxygen atoms in total. The summed E-state index contributed by atoms with van der Waals surface area (Å²) in [5.41, 5.74) is 5.42. The van der Waals surface area contributed by atoms with Gasteiger partial charge in [0.05, 0.1) is 7.11 Å². The van der Waals surface area contributed by atoms with Gasteiger partial charge in [-0.1, -0.05) is 0 Å². The van der Waals surface area contributed by atoms with Gasteiger partial charge in [-0.2, -0.15) is 0 Å². The summed E-state index contributed by atoms with van der Waals surface area (Å²) in [5.74, 6) is -2.43. The largest absolute Gasteiger partial charge is 0.480 e. The molecule has 0 spiro atoms. The number of amides is 1. The molecule has 0 aromatic carbocycles. The first kappa shape index (κ1) is 14.9. The average Bonchev–Trinajstić information content (AvgIpc) is 2.80. The van der Waals surface area contributed by atoms with Crippen LogP contribution in [0.2, 0.25) is 0 Å². The van der Waals surface area contributed by atoms with Crippen molar-refractivity contribution in [1.82, 2.24) is 10.3 Å². The van der Waals surface area contributed by atoms with Gasteiger partial charge in [-0.15, -0.1) is 11.3 Å². The minimum atomic E-state index is -1.24. The first-order chi connectivity index (χ1) is 8.93. The maximum Gasteiger partial charge on any atom is 0.326 e. The van der Waals surface area contributed by atoms with Crippen molar-refractivity contribution in [1.29, 1.82) is 0 Å². The molecule has 1 aromatic heterocycles. The number of nitrogens with one attached hydrogen (secondary N) is 1. The number of hydrogen-bond acceptors (Lipinski definition) is 7. The van der Waals surface area contributed by atoms with E-state index in [9.17, 15) is 14.4 Å². The number of esters is 1. The molecule has 0 fully saturated rings. The molecule has 1 amide bonds. The Bertz CT molecular complexity index is 487. The predicted octanol–water partition coefficient (Wildman–Crippen LogP) is -0.139. The lowest BCUT2D eigenvalue weighted by Gasteiger charge is -2.12. The van der Waals surface area contributed by atoms with Gasteiger partial charge in [0.25, 0.3) is 5.91 Å². The Morgan fingerprint density at radius 3 is 2.74 bits per heavy atom. The number of ether oxygens (including phenoxy) is 1. The molecular formula is C10H13N3O5S. The van der Waals surface area contributed by atoms with Crippen molar-refractivity contribution in [3.05, 3.63) is 11.1 Å². The highest BCUT2D eigenvalue weighted by Gasteiger charge is 2.22. The second-order valence-corrected chi connectivity index (χ2v) is 4.44. The number of hydrogen-bond donors (Lipinski definition) is 3. The van der Waals surface area contributed by atoms with Crippen molar-refractivity contribution in [3.8, 4) is 0 Å². The molecule has 0 radical (unpaired) electrons. The van der Waals surface area contributed by atoms with E-state index < -0.39 is 23.9 Å². The molecule has 0 aliphatic carbocycles. The molecule has 0 unspecified atom stereocenters. The van der Waals surface area contributed by atoms with Crippen molar-refractivity contribution >= 4 is 34.3 Å². The second-order valence-electron chi connectivity index (χ2n) is 3.55. The summed E-state index contributed by atoms with van der Waals surface area (Å²) in [7, 11) is 1.20. The number of nitrogens with zero attached hydrogens (tertiary/aromatic N) is 1. The highest BCUT2D eigenvalue weighted by atomic mass is 32.1. The van der Waals surface area contributed by atoms with Crippen molar-refractivity contribution in [2.75, 3.05) is 12.8 Å². The van der Waals surface area contributed by atoms with Crippen LogP contribution in [0.15, 0.2) is 5.38 Å². The third kappa shape index (κ3) is 4.54. The van der Waals surface area contributed by atoms with Gasteiger partial charge in [-0.3, -0.25) is 9.59 Å². The molecule has 0 saturated heterocycles. The molecular weight excluding hydrogens is 274 g/mol. The molecule has 4 N–H and O–H groups in total. The number of thiazole rings is 1. The molecule has 104 valence electrons. The number of nitrogen functional groups attached to an aromatic ring is 1. The maximum atomic E-state index is 11.7. The number of anilines is 1. The first-order valence-corrected chi connectivity index (χ1v) is 6.13. The third-order valence-corrected chi connectivity index (χ3v) is 2.90. The van der Waals surface area contributed by atoms with Crippen LogP contribution in [-0.2, 0) is 14.3 Å². The van der Waals surface area contributed by atoms with Crippen LogP contribution in [0.1, 0.15) is 23.3 Å². The van der Waals surface area contributed by atoms with Gasteiger partial charge in [-0.25, -0.2) is 9.78 Å². The first-order valence-electron chi connectivity index (χ1n) is 5.25. The van der Waals surface area contributed by atoms with Gasteiger partial charge < -0.3 is 20.9 Å². The van der Waals surface area contributed by atoms with Crippen molar-refractivity contribution in [2.45, 2.75) is 18.9 Å². The Morgan fingerprint density at radius 1 is 1.58 bits per heavy atom. The number of nitrogens with two attached hydrogens (primary N) is 1. The van der Waals surface area contributed by atoms with Crippen LogP contribution < -0.4 is 11.1 Å². The number of carbonyl (C=O) groups excluding carboxylic acids is 2. The summed E-state index contributed by atoms with van der Waals surface area (Å²) in [6.45, 7) is 0. The zero-order valence-electron chi connectivity index (χ0n) is 10.1. The lowest BCUT2D eigenvalue weighted by Crippen LogP contribution is -2.41. The summed E-state index contributed by atoms with van der Waals surface area (Å²) in [6, 6.07) is -1.19. The molecule has 1 aromatic rings. The van der Waals surface area contributed by atoms with Crippen LogP contribution in [0.5, 0.6) is 0 Å². The van der Waals surface area contributed by atoms with E-state index in [0.717, 1.165) is 11.3 Å². The predicted molar refractivity (Wildman–Crippen MR) is 66.7 cm³/mol. The van der Waals surface area contributed by atoms with E-state index in [1.165, 1.54) is 12.5 Å².